The molecule has 3 heterocycles. The van der Waals surface area contributed by atoms with Crippen LogP contribution in [0.4, 0.5) is 0 Å². The second kappa shape index (κ2) is 27.2. The zero-order valence-electron chi connectivity index (χ0n) is 42.5. The normalized spacial score (nSPS) is 25.5. The third kappa shape index (κ3) is 17.2. The van der Waals surface area contributed by atoms with E-state index in [1.165, 1.54) is 0 Å². The summed E-state index contributed by atoms with van der Waals surface area (Å²) in [5.74, 6) is -2.55. The van der Waals surface area contributed by atoms with Gasteiger partial charge in [0.15, 0.2) is 11.6 Å². The summed E-state index contributed by atoms with van der Waals surface area (Å²) < 4.78 is 41.6. The van der Waals surface area contributed by atoms with E-state index in [4.69, 9.17) is 44.2 Å². The maximum Gasteiger partial charge on any atom is 0.339 e. The second-order valence-corrected chi connectivity index (χ2v) is 18.8. The van der Waals surface area contributed by atoms with Crippen LogP contribution in [0, 0.1) is 25.7 Å². The number of cyclic esters (lactones) is 1. The Bertz CT molecular complexity index is 2340. The summed E-state index contributed by atoms with van der Waals surface area (Å²) in [5.41, 5.74) is 19.8. The number of rotatable bonds is 18. The van der Waals surface area contributed by atoms with Crippen molar-refractivity contribution in [1.29, 1.82) is 0 Å². The van der Waals surface area contributed by atoms with Gasteiger partial charge in [0.1, 0.15) is 42.0 Å². The van der Waals surface area contributed by atoms with Crippen LogP contribution in [0.2, 0.25) is 0 Å². The Morgan fingerprint density at radius 2 is 1.51 bits per heavy atom. The minimum absolute atomic E-state index is 0.130. The lowest BCUT2D eigenvalue weighted by Gasteiger charge is -2.23. The van der Waals surface area contributed by atoms with Crippen LogP contribution in [-0.4, -0.2) is 119 Å². The molecule has 0 aliphatic carbocycles. The Kier molecular flexibility index (Phi) is 22.2. The number of carbonyl (C=O) groups is 2. The maximum atomic E-state index is 13.3. The van der Waals surface area contributed by atoms with E-state index in [-0.39, 0.29) is 36.7 Å². The summed E-state index contributed by atoms with van der Waals surface area (Å²) in [5, 5.41) is 48.0. The van der Waals surface area contributed by atoms with Gasteiger partial charge in [0.25, 0.3) is 0 Å². The number of aromatic carboxylic acids is 1. The van der Waals surface area contributed by atoms with Crippen molar-refractivity contribution in [2.45, 2.75) is 155 Å². The molecule has 10 atom stereocenters. The van der Waals surface area contributed by atoms with E-state index in [0.717, 1.165) is 5.56 Å². The van der Waals surface area contributed by atoms with E-state index in [1.807, 2.05) is 71.9 Å². The molecule has 19 heteroatoms. The first-order valence-corrected chi connectivity index (χ1v) is 24.0. The number of hydrogen-bond acceptors (Lipinski definition) is 14. The molecule has 0 saturated carbocycles. The molecule has 2 aromatic carbocycles. The molecule has 2 fully saturated rings. The second-order valence-electron chi connectivity index (χ2n) is 18.8. The molecule has 3 aliphatic heterocycles. The number of fused-ring (bicyclic) bond motifs is 2. The highest BCUT2D eigenvalue weighted by Crippen LogP contribution is 2.36. The number of hydrogen-bond donors (Lipinski definition) is 4. The Morgan fingerprint density at radius 3 is 2.14 bits per heavy atom. The van der Waals surface area contributed by atoms with Gasteiger partial charge in [0.05, 0.1) is 42.7 Å². The maximum absolute atomic E-state index is 13.3. The van der Waals surface area contributed by atoms with Crippen molar-refractivity contribution in [3.63, 3.8) is 0 Å². The highest BCUT2D eigenvalue weighted by molar-refractivity contribution is 5.97. The number of carbonyl (C=O) groups excluding carboxylic acids is 1. The number of carboxylic acids is 1. The molecule has 2 unspecified atom stereocenters. The topological polar surface area (TPSA) is 277 Å². The number of carboxylic acid groups (broad SMARTS) is 1. The van der Waals surface area contributed by atoms with E-state index >= 15 is 0 Å². The van der Waals surface area contributed by atoms with Gasteiger partial charge in [-0.3, -0.25) is 0 Å². The van der Waals surface area contributed by atoms with Gasteiger partial charge >= 0.3 is 11.9 Å². The lowest BCUT2D eigenvalue weighted by atomic mass is 9.97. The molecule has 0 bridgehead atoms. The Morgan fingerprint density at radius 1 is 0.887 bits per heavy atom. The van der Waals surface area contributed by atoms with Crippen molar-refractivity contribution >= 4 is 24.1 Å². The highest BCUT2D eigenvalue weighted by atomic mass is 16.8. The summed E-state index contributed by atoms with van der Waals surface area (Å²) >= 11 is 0. The average molecular weight is 989 g/mol. The minimum Gasteiger partial charge on any atom is -0.493 e. The fourth-order valence-electron chi connectivity index (χ4n) is 8.04. The first-order chi connectivity index (χ1) is 33.6. The van der Waals surface area contributed by atoms with Gasteiger partial charge in [-0.25, -0.2) is 9.59 Å². The number of aliphatic hydroxyl groups excluding tert-OH is 3. The molecule has 0 spiro atoms. The number of azide groups is 2. The molecular weight excluding hydrogens is 917 g/mol. The number of benzene rings is 2. The van der Waals surface area contributed by atoms with Crippen molar-refractivity contribution < 1.29 is 63.2 Å². The Balaban J connectivity index is 0.000000309. The van der Waals surface area contributed by atoms with Gasteiger partial charge < -0.3 is 53.6 Å². The fourth-order valence-corrected chi connectivity index (χ4v) is 8.04. The standard InChI is InChI=1S/C26H37N3O7.C26H35N3O6/c1-16(18(3)30)10-12-20(31)24-22(35-26(4,5)36-24)9-6-8-19-21(34-15-7-14-28-29-27)13-11-17(2)23(19)25(32)33;1-16-10-12-20(30)24-22(34-26(4,5)35-24)9-6-8-19-21(32-15-7-14-28-29-27)13-11-17(2)23(19)25(31)33-18(16)3/h6,8,10-13,16,18,20,22,24,30-31H,7,9,14-15H2,1-5H3,(H,32,33);6,8,10-13,16,18,20,22,24,30H,7,9,14-15H2,1-5H3/b8-6+,12-10-;8-6?,12-10-/t2*16-,18+,20?,22+,24-/m11/s1. The quantitative estimate of drug-likeness (QED) is 0.0271. The molecule has 2 aromatic rings. The zero-order chi connectivity index (χ0) is 52.5. The van der Waals surface area contributed by atoms with Crippen LogP contribution >= 0.6 is 0 Å². The number of aryl methyl sites for hydroxylation is 2. The number of aliphatic hydroxyl groups is 3. The Labute approximate surface area is 416 Å². The third-order valence-corrected chi connectivity index (χ3v) is 12.1. The molecular formula is C52H72N6O13. The van der Waals surface area contributed by atoms with Crippen LogP contribution in [0.5, 0.6) is 11.5 Å². The number of ether oxygens (including phenoxy) is 7. The van der Waals surface area contributed by atoms with Crippen molar-refractivity contribution in [3.8, 4) is 11.5 Å². The lowest BCUT2D eigenvalue weighted by Crippen LogP contribution is -2.34. The minimum atomic E-state index is -1.07. The van der Waals surface area contributed by atoms with Crippen molar-refractivity contribution in [1.82, 2.24) is 0 Å². The van der Waals surface area contributed by atoms with Crippen LogP contribution in [0.25, 0.3) is 33.0 Å². The molecule has 0 radical (unpaired) electrons. The van der Waals surface area contributed by atoms with Crippen LogP contribution in [0.15, 0.2) is 71.0 Å². The largest absolute Gasteiger partial charge is 0.493 e. The first-order valence-electron chi connectivity index (χ1n) is 24.0. The van der Waals surface area contributed by atoms with Crippen LogP contribution in [0.1, 0.15) is 124 Å². The van der Waals surface area contributed by atoms with E-state index in [9.17, 15) is 30.0 Å². The number of esters is 1. The lowest BCUT2D eigenvalue weighted by molar-refractivity contribution is -0.152. The van der Waals surface area contributed by atoms with Crippen molar-refractivity contribution in [3.05, 3.63) is 115 Å². The SMILES string of the molecule is Cc1ccc(OCCCN=[N+]=[N-])c(/C=C/C[C@@H]2OC(C)(C)O[C@@H]2C(O)/C=C\[C@@H](C)[C@H](C)O)c1C(=O)O.Cc1ccc(OCCCN=[N+]=[N-])c2c1C(=O)O[C@@H](C)[C@H](C)/C=C\C(O)[C@H]1OC(C)(C)O[C@H]1CC=C2. The summed E-state index contributed by atoms with van der Waals surface area (Å²) in [6, 6.07) is 7.06. The molecule has 0 aromatic heterocycles. The third-order valence-electron chi connectivity index (χ3n) is 12.1. The van der Waals surface area contributed by atoms with Crippen molar-refractivity contribution in [2.24, 2.45) is 22.1 Å². The molecule has 0 amide bonds. The van der Waals surface area contributed by atoms with Crippen LogP contribution in [0.3, 0.4) is 0 Å². The highest BCUT2D eigenvalue weighted by Gasteiger charge is 2.45. The van der Waals surface area contributed by atoms with E-state index < -0.39 is 66.2 Å². The predicted octanol–water partition coefficient (Wildman–Crippen LogP) is 9.74. The summed E-state index contributed by atoms with van der Waals surface area (Å²) in [4.78, 5) is 30.7. The first kappa shape index (κ1) is 57.9. The molecule has 71 heavy (non-hydrogen) atoms. The molecule has 3 aliphatic rings. The molecule has 4 N–H and O–H groups in total. The monoisotopic (exact) mass is 989 g/mol. The fraction of sp³-hybridized carbons (Fsp3) is 0.577. The molecule has 388 valence electrons. The summed E-state index contributed by atoms with van der Waals surface area (Å²) in [6.07, 6.45) is 11.1. The zero-order valence-corrected chi connectivity index (χ0v) is 42.5. The smallest absolute Gasteiger partial charge is 0.339 e. The van der Waals surface area contributed by atoms with E-state index in [1.54, 1.807) is 70.2 Å². The van der Waals surface area contributed by atoms with Gasteiger partial charge in [-0.1, -0.05) is 84.8 Å². The predicted molar refractivity (Wildman–Crippen MR) is 268 cm³/mol. The van der Waals surface area contributed by atoms with Crippen molar-refractivity contribution in [2.75, 3.05) is 26.3 Å². The van der Waals surface area contributed by atoms with E-state index in [2.05, 4.69) is 20.1 Å². The molecule has 19 nitrogen and oxygen atoms in total. The van der Waals surface area contributed by atoms with Gasteiger partial charge in [-0.2, -0.15) is 0 Å². The van der Waals surface area contributed by atoms with E-state index in [0.29, 0.717) is 72.6 Å². The summed E-state index contributed by atoms with van der Waals surface area (Å²) in [7, 11) is 0. The van der Waals surface area contributed by atoms with Crippen LogP contribution in [-0.2, 0) is 23.7 Å². The van der Waals surface area contributed by atoms with Crippen LogP contribution < -0.4 is 9.47 Å². The molecule has 5 rings (SSSR count). The van der Waals surface area contributed by atoms with Gasteiger partial charge in [0, 0.05) is 40.0 Å². The van der Waals surface area contributed by atoms with Gasteiger partial charge in [0.2, 0.25) is 0 Å². The van der Waals surface area contributed by atoms with Gasteiger partial charge in [-0.15, -0.1) is 0 Å². The Hall–Kier alpha value is -5.72. The number of nitrogens with zero attached hydrogens (tertiary/aromatic N) is 6. The average Bonchev–Trinajstić information content (AvgIpc) is 3.80. The summed E-state index contributed by atoms with van der Waals surface area (Å²) in [6.45, 7) is 19.3. The van der Waals surface area contributed by atoms with Gasteiger partial charge in [-0.05, 0) is 121 Å². The molecule has 2 saturated heterocycles.